The lowest BCUT2D eigenvalue weighted by molar-refractivity contribution is 0.0988. The minimum absolute atomic E-state index is 0.386. The number of anilines is 3. The number of fused-ring (bicyclic) bond motifs is 2. The van der Waals surface area contributed by atoms with Crippen LogP contribution in [0.15, 0.2) is 103 Å². The van der Waals surface area contributed by atoms with Crippen LogP contribution in [0, 0.1) is 23.3 Å². The number of benzene rings is 5. The lowest BCUT2D eigenvalue weighted by atomic mass is 10.1. The molecule has 0 heterocycles. The maximum Gasteiger partial charge on any atom is 0.200 e. The van der Waals surface area contributed by atoms with Gasteiger partial charge in [-0.3, -0.25) is 9.59 Å². The highest BCUT2D eigenvalue weighted by molar-refractivity contribution is 6.41. The van der Waals surface area contributed by atoms with E-state index in [0.717, 1.165) is 33.9 Å². The molecular formula is C32H17F4NO2. The number of halogens is 4. The standard InChI is InChI=1S/C32H17F4NO2/c33-27-25-26(28(34)30(36)29(27)35)32(39)24(31(25)38)16-18-10-13-22(14-11-18)37(21-8-2-1-3-9-21)23-15-12-19-6-4-5-7-20(19)17-23/h1-17H. The molecule has 0 fully saturated rings. The van der Waals surface area contributed by atoms with Gasteiger partial charge in [0.2, 0.25) is 11.6 Å². The highest BCUT2D eigenvalue weighted by atomic mass is 19.2. The van der Waals surface area contributed by atoms with Crippen molar-refractivity contribution in [2.45, 2.75) is 0 Å². The second kappa shape index (κ2) is 9.36. The summed E-state index contributed by atoms with van der Waals surface area (Å²) in [5.41, 5.74) is 0.193. The topological polar surface area (TPSA) is 37.4 Å². The molecule has 0 aliphatic heterocycles. The average molecular weight is 523 g/mol. The monoisotopic (exact) mass is 523 g/mol. The molecule has 0 N–H and O–H groups in total. The van der Waals surface area contributed by atoms with Gasteiger partial charge in [0.1, 0.15) is 0 Å². The second-order valence-electron chi connectivity index (χ2n) is 9.02. The number of rotatable bonds is 4. The number of allylic oxidation sites excluding steroid dienone is 1. The van der Waals surface area contributed by atoms with E-state index in [1.165, 1.54) is 0 Å². The van der Waals surface area contributed by atoms with Gasteiger partial charge in [0.25, 0.3) is 0 Å². The van der Waals surface area contributed by atoms with E-state index in [4.69, 9.17) is 0 Å². The van der Waals surface area contributed by atoms with Crippen LogP contribution in [0.25, 0.3) is 16.8 Å². The molecule has 0 spiro atoms. The summed E-state index contributed by atoms with van der Waals surface area (Å²) < 4.78 is 55.9. The Morgan fingerprint density at radius 1 is 0.513 bits per heavy atom. The number of para-hydroxylation sites is 1. The molecule has 0 saturated carbocycles. The third kappa shape index (κ3) is 3.99. The molecule has 0 amide bonds. The molecule has 0 unspecified atom stereocenters. The van der Waals surface area contributed by atoms with Gasteiger partial charge in [-0.1, -0.05) is 60.7 Å². The molecule has 39 heavy (non-hydrogen) atoms. The van der Waals surface area contributed by atoms with Crippen molar-refractivity contribution >= 4 is 45.5 Å². The van der Waals surface area contributed by atoms with Gasteiger partial charge >= 0.3 is 0 Å². The van der Waals surface area contributed by atoms with Crippen LogP contribution in [0.4, 0.5) is 34.6 Å². The van der Waals surface area contributed by atoms with Crippen LogP contribution in [0.2, 0.25) is 0 Å². The van der Waals surface area contributed by atoms with E-state index in [1.807, 2.05) is 71.6 Å². The van der Waals surface area contributed by atoms with Gasteiger partial charge in [-0.2, -0.15) is 0 Å². The van der Waals surface area contributed by atoms with Crippen LogP contribution in [-0.2, 0) is 0 Å². The number of hydrogen-bond acceptors (Lipinski definition) is 3. The van der Waals surface area contributed by atoms with Crippen LogP contribution in [-0.4, -0.2) is 11.6 Å². The number of ketones is 2. The Morgan fingerprint density at radius 3 is 1.64 bits per heavy atom. The zero-order valence-corrected chi connectivity index (χ0v) is 20.1. The van der Waals surface area contributed by atoms with Gasteiger partial charge < -0.3 is 4.90 Å². The van der Waals surface area contributed by atoms with Crippen molar-refractivity contribution < 1.29 is 27.2 Å². The summed E-state index contributed by atoms with van der Waals surface area (Å²) in [6.07, 6.45) is 1.16. The minimum Gasteiger partial charge on any atom is -0.310 e. The van der Waals surface area contributed by atoms with E-state index in [9.17, 15) is 27.2 Å². The predicted molar refractivity (Wildman–Crippen MR) is 142 cm³/mol. The van der Waals surface area contributed by atoms with Crippen molar-refractivity contribution in [3.05, 3.63) is 143 Å². The van der Waals surface area contributed by atoms with Gasteiger partial charge in [-0.25, -0.2) is 17.6 Å². The number of carbonyl (C=O) groups is 2. The van der Waals surface area contributed by atoms with E-state index in [2.05, 4.69) is 6.07 Å². The molecule has 0 radical (unpaired) electrons. The van der Waals surface area contributed by atoms with Crippen molar-refractivity contribution in [2.75, 3.05) is 4.90 Å². The SMILES string of the molecule is O=C1C(=Cc2ccc(N(c3ccccc3)c3ccc4ccccc4c3)cc2)C(=O)c2c(F)c(F)c(F)c(F)c21. The smallest absolute Gasteiger partial charge is 0.200 e. The van der Waals surface area contributed by atoms with E-state index in [0.29, 0.717) is 5.56 Å². The van der Waals surface area contributed by atoms with Crippen molar-refractivity contribution in [3.8, 4) is 0 Å². The van der Waals surface area contributed by atoms with Gasteiger partial charge in [0, 0.05) is 17.1 Å². The Hall–Kier alpha value is -5.04. The van der Waals surface area contributed by atoms with Crippen molar-refractivity contribution in [1.29, 1.82) is 0 Å². The molecule has 7 heteroatoms. The Bertz CT molecular complexity index is 1780. The number of nitrogens with zero attached hydrogens (tertiary/aromatic N) is 1. The lowest BCUT2D eigenvalue weighted by Crippen LogP contribution is -2.09. The van der Waals surface area contributed by atoms with Crippen LogP contribution in [0.3, 0.4) is 0 Å². The Labute approximate surface area is 220 Å². The maximum absolute atomic E-state index is 14.3. The summed E-state index contributed by atoms with van der Waals surface area (Å²) in [5, 5.41) is 2.15. The number of hydrogen-bond donors (Lipinski definition) is 0. The van der Waals surface area contributed by atoms with E-state index in [-0.39, 0.29) is 0 Å². The summed E-state index contributed by atoms with van der Waals surface area (Å²) in [4.78, 5) is 27.4. The fourth-order valence-corrected chi connectivity index (χ4v) is 4.79. The Balaban J connectivity index is 1.40. The first-order valence-electron chi connectivity index (χ1n) is 12.0. The third-order valence-corrected chi connectivity index (χ3v) is 6.68. The van der Waals surface area contributed by atoms with Gasteiger partial charge in [-0.15, -0.1) is 0 Å². The molecular weight excluding hydrogens is 506 g/mol. The first-order chi connectivity index (χ1) is 18.8. The van der Waals surface area contributed by atoms with E-state index in [1.54, 1.807) is 24.3 Å². The largest absolute Gasteiger partial charge is 0.310 e. The van der Waals surface area contributed by atoms with E-state index >= 15 is 0 Å². The highest BCUT2D eigenvalue weighted by Gasteiger charge is 2.42. The molecule has 0 bridgehead atoms. The summed E-state index contributed by atoms with van der Waals surface area (Å²) in [6.45, 7) is 0. The molecule has 6 rings (SSSR count). The maximum atomic E-state index is 14.3. The van der Waals surface area contributed by atoms with E-state index < -0.39 is 51.5 Å². The van der Waals surface area contributed by atoms with Gasteiger partial charge in [0.05, 0.1) is 16.7 Å². The van der Waals surface area contributed by atoms with Crippen molar-refractivity contribution in [2.24, 2.45) is 0 Å². The first kappa shape index (κ1) is 24.3. The molecule has 0 saturated heterocycles. The molecule has 0 aromatic heterocycles. The molecule has 3 nitrogen and oxygen atoms in total. The second-order valence-corrected chi connectivity index (χ2v) is 9.02. The molecule has 1 aliphatic rings. The van der Waals surface area contributed by atoms with Crippen LogP contribution >= 0.6 is 0 Å². The lowest BCUT2D eigenvalue weighted by Gasteiger charge is -2.26. The quantitative estimate of drug-likeness (QED) is 0.0782. The van der Waals surface area contributed by atoms with Crippen LogP contribution in [0.1, 0.15) is 26.3 Å². The fourth-order valence-electron chi connectivity index (χ4n) is 4.79. The molecule has 190 valence electrons. The predicted octanol–water partition coefficient (Wildman–Crippen LogP) is 8.33. The summed E-state index contributed by atoms with van der Waals surface area (Å²) in [7, 11) is 0. The number of Topliss-reactive ketones (excluding diaryl/α,β-unsaturated/α-hetero) is 2. The first-order valence-corrected chi connectivity index (χ1v) is 12.0. The van der Waals surface area contributed by atoms with Gasteiger partial charge in [-0.05, 0) is 58.8 Å². The summed E-state index contributed by atoms with van der Waals surface area (Å²) in [5.74, 6) is -10.4. The van der Waals surface area contributed by atoms with Crippen molar-refractivity contribution in [1.82, 2.24) is 0 Å². The summed E-state index contributed by atoms with van der Waals surface area (Å²) >= 11 is 0. The van der Waals surface area contributed by atoms with Crippen molar-refractivity contribution in [3.63, 3.8) is 0 Å². The van der Waals surface area contributed by atoms with Crippen LogP contribution in [0.5, 0.6) is 0 Å². The fraction of sp³-hybridized carbons (Fsp3) is 0. The zero-order chi connectivity index (χ0) is 27.3. The minimum atomic E-state index is -2.13. The molecule has 0 atom stereocenters. The number of carbonyl (C=O) groups excluding carboxylic acids is 2. The molecule has 5 aromatic carbocycles. The Kier molecular flexibility index (Phi) is 5.84. The normalized spacial score (nSPS) is 12.7. The average Bonchev–Trinajstić information content (AvgIpc) is 3.21. The third-order valence-electron chi connectivity index (χ3n) is 6.68. The zero-order valence-electron chi connectivity index (χ0n) is 20.1. The van der Waals surface area contributed by atoms with Gasteiger partial charge in [0.15, 0.2) is 23.3 Å². The summed E-state index contributed by atoms with van der Waals surface area (Å²) in [6, 6.07) is 30.5. The molecule has 1 aliphatic carbocycles. The highest BCUT2D eigenvalue weighted by Crippen LogP contribution is 2.37. The molecule has 5 aromatic rings. The van der Waals surface area contributed by atoms with Crippen LogP contribution < -0.4 is 4.90 Å². The Morgan fingerprint density at radius 2 is 1.03 bits per heavy atom.